The number of carbonyl (C=O) groups is 2. The van der Waals surface area contributed by atoms with Crippen molar-refractivity contribution in [1.82, 2.24) is 0 Å². The molecule has 0 atom stereocenters. The number of carboxylic acid groups (broad SMARTS) is 1. The summed E-state index contributed by atoms with van der Waals surface area (Å²) >= 11 is 0.949. The number of alkyl halides is 3. The van der Waals surface area contributed by atoms with Gasteiger partial charge in [-0.2, -0.15) is 13.2 Å². The zero-order chi connectivity index (χ0) is 12.5. The molecule has 16 heavy (non-hydrogen) atoms. The first-order chi connectivity index (χ1) is 7.23. The average Bonchev–Trinajstić information content (AvgIpc) is 2.46. The topological polar surface area (TPSA) is 66.4 Å². The maximum absolute atomic E-state index is 11.9. The summed E-state index contributed by atoms with van der Waals surface area (Å²) in [6.07, 6.45) is -5.04. The first kappa shape index (κ1) is 12.5. The molecular formula is C8H6F3NO3S. The monoisotopic (exact) mass is 253 g/mol. The normalized spacial score (nSPS) is 11.2. The van der Waals surface area contributed by atoms with Crippen LogP contribution in [0.25, 0.3) is 0 Å². The molecule has 0 saturated heterocycles. The molecule has 0 fully saturated rings. The van der Waals surface area contributed by atoms with Crippen LogP contribution in [-0.4, -0.2) is 23.2 Å². The summed E-state index contributed by atoms with van der Waals surface area (Å²) in [5.41, 5.74) is -0.653. The Morgan fingerprint density at radius 1 is 1.44 bits per heavy atom. The predicted octanol–water partition coefficient (Wildman–Crippen LogP) is 2.26. The Balaban J connectivity index is 3.02. The Morgan fingerprint density at radius 3 is 2.44 bits per heavy atom. The van der Waals surface area contributed by atoms with Gasteiger partial charge in [-0.1, -0.05) is 0 Å². The van der Waals surface area contributed by atoms with Gasteiger partial charge < -0.3 is 10.4 Å². The fraction of sp³-hybridized carbons (Fsp3) is 0.250. The molecule has 0 radical (unpaired) electrons. The third kappa shape index (κ3) is 2.51. The molecule has 0 bridgehead atoms. The molecule has 0 spiro atoms. The van der Waals surface area contributed by atoms with Crippen LogP contribution < -0.4 is 5.32 Å². The molecule has 88 valence electrons. The van der Waals surface area contributed by atoms with E-state index in [1.165, 1.54) is 12.3 Å². The van der Waals surface area contributed by atoms with Gasteiger partial charge in [0.2, 0.25) is 0 Å². The standard InChI is InChI=1S/C8H6F3NO3S/c1-3-5(4(2-16-3)6(13)14)12-7(15)8(9,10)11/h2H,1H3,(H,12,15)(H,13,14). The SMILES string of the molecule is Cc1scc(C(=O)O)c1NC(=O)C(F)(F)F. The number of thiophene rings is 1. The number of halogens is 3. The summed E-state index contributed by atoms with van der Waals surface area (Å²) in [6, 6.07) is 0. The maximum atomic E-state index is 11.9. The molecule has 1 aromatic heterocycles. The minimum atomic E-state index is -5.04. The van der Waals surface area contributed by atoms with E-state index in [0.717, 1.165) is 11.3 Å². The number of rotatable bonds is 2. The van der Waals surface area contributed by atoms with E-state index >= 15 is 0 Å². The summed E-state index contributed by atoms with van der Waals surface area (Å²) in [6.45, 7) is 1.42. The molecule has 1 rings (SSSR count). The molecule has 1 heterocycles. The summed E-state index contributed by atoms with van der Waals surface area (Å²) in [4.78, 5) is 21.6. The van der Waals surface area contributed by atoms with Crippen LogP contribution >= 0.6 is 11.3 Å². The number of amides is 1. The van der Waals surface area contributed by atoms with Crippen LogP contribution in [0.15, 0.2) is 5.38 Å². The van der Waals surface area contributed by atoms with E-state index in [1.807, 2.05) is 0 Å². The predicted molar refractivity (Wildman–Crippen MR) is 50.7 cm³/mol. The lowest BCUT2D eigenvalue weighted by molar-refractivity contribution is -0.167. The Kier molecular flexibility index (Phi) is 3.22. The van der Waals surface area contributed by atoms with Crippen LogP contribution in [-0.2, 0) is 4.79 Å². The Bertz CT molecular complexity index is 438. The molecule has 0 aromatic carbocycles. The molecule has 0 aliphatic rings. The van der Waals surface area contributed by atoms with Gasteiger partial charge in [0.05, 0.1) is 11.3 Å². The molecule has 8 heteroatoms. The van der Waals surface area contributed by atoms with Crippen LogP contribution in [0.5, 0.6) is 0 Å². The van der Waals surface area contributed by atoms with Gasteiger partial charge in [-0.3, -0.25) is 4.79 Å². The Morgan fingerprint density at radius 2 is 2.00 bits per heavy atom. The van der Waals surface area contributed by atoms with Crippen molar-refractivity contribution in [2.45, 2.75) is 13.1 Å². The van der Waals surface area contributed by atoms with E-state index in [1.54, 1.807) is 5.32 Å². The molecule has 0 saturated carbocycles. The lowest BCUT2D eigenvalue weighted by Crippen LogP contribution is -2.30. The summed E-state index contributed by atoms with van der Waals surface area (Å²) in [7, 11) is 0. The number of carboxylic acids is 1. The first-order valence-corrected chi connectivity index (χ1v) is 4.81. The number of carbonyl (C=O) groups excluding carboxylic acids is 1. The molecule has 4 nitrogen and oxygen atoms in total. The zero-order valence-corrected chi connectivity index (χ0v) is 8.70. The van der Waals surface area contributed by atoms with Crippen LogP contribution in [0.3, 0.4) is 0 Å². The van der Waals surface area contributed by atoms with E-state index in [4.69, 9.17) is 5.11 Å². The molecule has 0 aliphatic heterocycles. The van der Waals surface area contributed by atoms with Crippen LogP contribution in [0.2, 0.25) is 0 Å². The van der Waals surface area contributed by atoms with Crippen molar-refractivity contribution in [1.29, 1.82) is 0 Å². The maximum Gasteiger partial charge on any atom is 0.471 e. The van der Waals surface area contributed by atoms with E-state index in [-0.39, 0.29) is 11.3 Å². The lowest BCUT2D eigenvalue weighted by atomic mass is 10.2. The number of hydrogen-bond donors (Lipinski definition) is 2. The quantitative estimate of drug-likeness (QED) is 0.849. The van der Waals surface area contributed by atoms with E-state index in [0.29, 0.717) is 4.88 Å². The summed E-state index contributed by atoms with van der Waals surface area (Å²) < 4.78 is 35.8. The smallest absolute Gasteiger partial charge is 0.471 e. The third-order valence-electron chi connectivity index (χ3n) is 1.70. The Labute approximate surface area is 91.7 Å². The zero-order valence-electron chi connectivity index (χ0n) is 7.88. The fourth-order valence-electron chi connectivity index (χ4n) is 0.952. The van der Waals surface area contributed by atoms with Gasteiger partial charge in [-0.15, -0.1) is 11.3 Å². The average molecular weight is 253 g/mol. The minimum absolute atomic E-state index is 0.301. The second-order valence-electron chi connectivity index (χ2n) is 2.84. The molecule has 0 aliphatic carbocycles. The fourth-order valence-corrected chi connectivity index (χ4v) is 1.74. The second kappa shape index (κ2) is 4.12. The van der Waals surface area contributed by atoms with Crippen LogP contribution in [0, 0.1) is 6.92 Å². The number of anilines is 1. The lowest BCUT2D eigenvalue weighted by Gasteiger charge is -2.08. The number of nitrogens with one attached hydrogen (secondary N) is 1. The van der Waals surface area contributed by atoms with Crippen molar-refractivity contribution in [3.05, 3.63) is 15.8 Å². The molecule has 2 N–H and O–H groups in total. The van der Waals surface area contributed by atoms with Gasteiger partial charge in [-0.05, 0) is 6.92 Å². The highest BCUT2D eigenvalue weighted by molar-refractivity contribution is 7.10. The van der Waals surface area contributed by atoms with Crippen LogP contribution in [0.4, 0.5) is 18.9 Å². The molecular weight excluding hydrogens is 247 g/mol. The Hall–Kier alpha value is -1.57. The van der Waals surface area contributed by atoms with Gasteiger partial charge in [0.25, 0.3) is 0 Å². The van der Waals surface area contributed by atoms with E-state index < -0.39 is 18.1 Å². The van der Waals surface area contributed by atoms with Crippen molar-refractivity contribution in [3.63, 3.8) is 0 Å². The van der Waals surface area contributed by atoms with Crippen molar-refractivity contribution in [2.75, 3.05) is 5.32 Å². The van der Waals surface area contributed by atoms with Gasteiger partial charge in [0.15, 0.2) is 0 Å². The number of aryl methyl sites for hydroxylation is 1. The van der Waals surface area contributed by atoms with Crippen molar-refractivity contribution >= 4 is 28.9 Å². The number of aromatic carboxylic acids is 1. The van der Waals surface area contributed by atoms with Gasteiger partial charge in [-0.25, -0.2) is 4.79 Å². The van der Waals surface area contributed by atoms with E-state index in [9.17, 15) is 22.8 Å². The van der Waals surface area contributed by atoms with Gasteiger partial charge >= 0.3 is 18.1 Å². The van der Waals surface area contributed by atoms with Crippen molar-refractivity contribution in [3.8, 4) is 0 Å². The molecule has 1 aromatic rings. The molecule has 1 amide bonds. The van der Waals surface area contributed by atoms with E-state index in [2.05, 4.69) is 0 Å². The van der Waals surface area contributed by atoms with Gasteiger partial charge in [0, 0.05) is 10.3 Å². The highest BCUT2D eigenvalue weighted by atomic mass is 32.1. The summed E-state index contributed by atoms with van der Waals surface area (Å²) in [5, 5.41) is 11.4. The first-order valence-electron chi connectivity index (χ1n) is 3.93. The molecule has 0 unspecified atom stereocenters. The van der Waals surface area contributed by atoms with Crippen LogP contribution in [0.1, 0.15) is 15.2 Å². The highest BCUT2D eigenvalue weighted by Crippen LogP contribution is 2.29. The largest absolute Gasteiger partial charge is 0.478 e. The van der Waals surface area contributed by atoms with Crippen molar-refractivity contribution < 1.29 is 27.9 Å². The highest BCUT2D eigenvalue weighted by Gasteiger charge is 2.39. The number of hydrogen-bond acceptors (Lipinski definition) is 3. The summed E-state index contributed by atoms with van der Waals surface area (Å²) in [5.74, 6) is -3.57. The van der Waals surface area contributed by atoms with Gasteiger partial charge in [0.1, 0.15) is 0 Å². The minimum Gasteiger partial charge on any atom is -0.478 e. The second-order valence-corrected chi connectivity index (χ2v) is 3.92. The van der Waals surface area contributed by atoms with Crippen molar-refractivity contribution in [2.24, 2.45) is 0 Å². The third-order valence-corrected chi connectivity index (χ3v) is 2.61.